The average molecular weight is 249 g/mol. The second-order valence-electron chi connectivity index (χ2n) is 4.42. The zero-order chi connectivity index (χ0) is 12.7. The van der Waals surface area contributed by atoms with Crippen molar-refractivity contribution in [1.82, 2.24) is 5.32 Å². The van der Waals surface area contributed by atoms with E-state index in [1.165, 1.54) is 16.0 Å². The second kappa shape index (κ2) is 7.57. The third-order valence-electron chi connectivity index (χ3n) is 2.92. The number of aryl methyl sites for hydroxylation is 1. The number of hydrogen-bond acceptors (Lipinski definition) is 2. The standard InChI is InChI=1S/C15H23NS/c1-5-12(2)10-14(16-4)11-17-15-8-6-13(3)7-9-15/h6-9,14,16H,2,5,10-11H2,1,3-4H3. The Bertz CT molecular complexity index is 342. The summed E-state index contributed by atoms with van der Waals surface area (Å²) in [7, 11) is 2.03. The summed E-state index contributed by atoms with van der Waals surface area (Å²) in [5.74, 6) is 1.10. The molecule has 1 unspecified atom stereocenters. The van der Waals surface area contributed by atoms with Crippen LogP contribution >= 0.6 is 11.8 Å². The summed E-state index contributed by atoms with van der Waals surface area (Å²) in [6, 6.07) is 9.25. The highest BCUT2D eigenvalue weighted by molar-refractivity contribution is 7.99. The van der Waals surface area contributed by atoms with E-state index in [0.717, 1.165) is 18.6 Å². The minimum absolute atomic E-state index is 0.522. The van der Waals surface area contributed by atoms with E-state index in [4.69, 9.17) is 0 Å². The molecule has 1 rings (SSSR count). The molecule has 1 aromatic carbocycles. The van der Waals surface area contributed by atoms with Gasteiger partial charge in [0.25, 0.3) is 0 Å². The number of rotatable bonds is 7. The Labute approximate surface area is 110 Å². The van der Waals surface area contributed by atoms with Crippen LogP contribution in [0.5, 0.6) is 0 Å². The zero-order valence-corrected chi connectivity index (χ0v) is 11.9. The maximum Gasteiger partial charge on any atom is 0.0195 e. The molecule has 0 saturated heterocycles. The van der Waals surface area contributed by atoms with Gasteiger partial charge in [0.15, 0.2) is 0 Å². The van der Waals surface area contributed by atoms with Crippen molar-refractivity contribution in [2.45, 2.75) is 37.6 Å². The largest absolute Gasteiger partial charge is 0.316 e. The van der Waals surface area contributed by atoms with Crippen LogP contribution in [0.15, 0.2) is 41.3 Å². The summed E-state index contributed by atoms with van der Waals surface area (Å²) in [5.41, 5.74) is 2.65. The minimum Gasteiger partial charge on any atom is -0.316 e. The van der Waals surface area contributed by atoms with Crippen LogP contribution in [0, 0.1) is 6.92 Å². The molecule has 0 aliphatic heterocycles. The molecule has 0 aromatic heterocycles. The Morgan fingerprint density at radius 1 is 1.35 bits per heavy atom. The number of thioether (sulfide) groups is 1. The Kier molecular flexibility index (Phi) is 6.38. The van der Waals surface area contributed by atoms with Gasteiger partial charge in [0.05, 0.1) is 0 Å². The molecule has 0 spiro atoms. The van der Waals surface area contributed by atoms with Crippen molar-refractivity contribution in [2.24, 2.45) is 0 Å². The van der Waals surface area contributed by atoms with Crippen molar-refractivity contribution in [3.05, 3.63) is 42.0 Å². The lowest BCUT2D eigenvalue weighted by Crippen LogP contribution is -2.28. The molecule has 0 heterocycles. The molecule has 17 heavy (non-hydrogen) atoms. The zero-order valence-electron chi connectivity index (χ0n) is 11.1. The molecule has 1 atom stereocenters. The smallest absolute Gasteiger partial charge is 0.0195 e. The molecule has 0 aliphatic carbocycles. The van der Waals surface area contributed by atoms with E-state index in [2.05, 4.69) is 50.0 Å². The van der Waals surface area contributed by atoms with E-state index >= 15 is 0 Å². The molecule has 1 N–H and O–H groups in total. The summed E-state index contributed by atoms with van der Waals surface area (Å²) in [6.07, 6.45) is 2.15. The fraction of sp³-hybridized carbons (Fsp3) is 0.467. The highest BCUT2D eigenvalue weighted by atomic mass is 32.2. The van der Waals surface area contributed by atoms with Crippen molar-refractivity contribution in [3.8, 4) is 0 Å². The van der Waals surface area contributed by atoms with E-state index in [9.17, 15) is 0 Å². The van der Waals surface area contributed by atoms with Crippen molar-refractivity contribution in [1.29, 1.82) is 0 Å². The molecule has 94 valence electrons. The van der Waals surface area contributed by atoms with Gasteiger partial charge in [0.2, 0.25) is 0 Å². The normalized spacial score (nSPS) is 12.4. The van der Waals surface area contributed by atoms with E-state index in [-0.39, 0.29) is 0 Å². The fourth-order valence-corrected chi connectivity index (χ4v) is 2.58. The second-order valence-corrected chi connectivity index (χ2v) is 5.51. The Morgan fingerprint density at radius 2 is 2.00 bits per heavy atom. The lowest BCUT2D eigenvalue weighted by atomic mass is 10.1. The maximum atomic E-state index is 4.08. The van der Waals surface area contributed by atoms with Gasteiger partial charge in [-0.3, -0.25) is 0 Å². The van der Waals surface area contributed by atoms with E-state index in [1.807, 2.05) is 18.8 Å². The molecule has 0 radical (unpaired) electrons. The number of nitrogens with one attached hydrogen (secondary N) is 1. The van der Waals surface area contributed by atoms with Crippen molar-refractivity contribution < 1.29 is 0 Å². The summed E-state index contributed by atoms with van der Waals surface area (Å²) < 4.78 is 0. The topological polar surface area (TPSA) is 12.0 Å². The van der Waals surface area contributed by atoms with Crippen molar-refractivity contribution in [3.63, 3.8) is 0 Å². The molecule has 0 saturated carbocycles. The molecular formula is C15H23NS. The third-order valence-corrected chi connectivity index (χ3v) is 4.09. The van der Waals surface area contributed by atoms with Crippen LogP contribution in [0.2, 0.25) is 0 Å². The van der Waals surface area contributed by atoms with Crippen LogP contribution < -0.4 is 5.32 Å². The first-order valence-electron chi connectivity index (χ1n) is 6.19. The molecule has 1 nitrogen and oxygen atoms in total. The van der Waals surface area contributed by atoms with E-state index in [1.54, 1.807) is 0 Å². The summed E-state index contributed by atoms with van der Waals surface area (Å²) in [4.78, 5) is 1.35. The Morgan fingerprint density at radius 3 is 2.53 bits per heavy atom. The first kappa shape index (κ1) is 14.3. The van der Waals surface area contributed by atoms with Gasteiger partial charge in [0.1, 0.15) is 0 Å². The van der Waals surface area contributed by atoms with Gasteiger partial charge in [-0.2, -0.15) is 0 Å². The molecule has 1 aromatic rings. The van der Waals surface area contributed by atoms with Crippen LogP contribution in [-0.4, -0.2) is 18.8 Å². The molecule has 0 amide bonds. The minimum atomic E-state index is 0.522. The van der Waals surface area contributed by atoms with Crippen molar-refractivity contribution >= 4 is 11.8 Å². The van der Waals surface area contributed by atoms with Crippen LogP contribution in [0.1, 0.15) is 25.3 Å². The predicted octanol–water partition coefficient (Wildman–Crippen LogP) is 4.03. The van der Waals surface area contributed by atoms with Gasteiger partial charge < -0.3 is 5.32 Å². The quantitative estimate of drug-likeness (QED) is 0.578. The first-order valence-corrected chi connectivity index (χ1v) is 7.17. The monoisotopic (exact) mass is 249 g/mol. The SMILES string of the molecule is C=C(CC)CC(CSc1ccc(C)cc1)NC. The summed E-state index contributed by atoms with van der Waals surface area (Å²) >= 11 is 1.91. The third kappa shape index (κ3) is 5.42. The molecule has 0 aliphatic rings. The lowest BCUT2D eigenvalue weighted by molar-refractivity contribution is 0.607. The molecule has 2 heteroatoms. The molecule has 0 fully saturated rings. The van der Waals surface area contributed by atoms with Crippen LogP contribution in [-0.2, 0) is 0 Å². The van der Waals surface area contributed by atoms with Crippen LogP contribution in [0.3, 0.4) is 0 Å². The predicted molar refractivity (Wildman–Crippen MR) is 78.8 cm³/mol. The highest BCUT2D eigenvalue weighted by Gasteiger charge is 2.07. The van der Waals surface area contributed by atoms with Gasteiger partial charge in [-0.25, -0.2) is 0 Å². The van der Waals surface area contributed by atoms with Gasteiger partial charge in [-0.05, 0) is 38.9 Å². The number of benzene rings is 1. The molecular weight excluding hydrogens is 226 g/mol. The van der Waals surface area contributed by atoms with Gasteiger partial charge in [0, 0.05) is 16.7 Å². The van der Waals surface area contributed by atoms with E-state index < -0.39 is 0 Å². The number of hydrogen-bond donors (Lipinski definition) is 1. The Hall–Kier alpha value is -0.730. The fourth-order valence-electron chi connectivity index (χ4n) is 1.57. The average Bonchev–Trinajstić information content (AvgIpc) is 2.36. The highest BCUT2D eigenvalue weighted by Crippen LogP contribution is 2.21. The van der Waals surface area contributed by atoms with E-state index in [0.29, 0.717) is 6.04 Å². The van der Waals surface area contributed by atoms with Crippen molar-refractivity contribution in [2.75, 3.05) is 12.8 Å². The first-order chi connectivity index (χ1) is 8.15. The van der Waals surface area contributed by atoms with Crippen LogP contribution in [0.4, 0.5) is 0 Å². The van der Waals surface area contributed by atoms with Gasteiger partial charge >= 0.3 is 0 Å². The Balaban J connectivity index is 2.42. The van der Waals surface area contributed by atoms with Gasteiger partial charge in [-0.15, -0.1) is 11.8 Å². The molecule has 0 bridgehead atoms. The van der Waals surface area contributed by atoms with Crippen LogP contribution in [0.25, 0.3) is 0 Å². The summed E-state index contributed by atoms with van der Waals surface area (Å²) in [5, 5.41) is 3.37. The van der Waals surface area contributed by atoms with Gasteiger partial charge in [-0.1, -0.05) is 36.8 Å². The lowest BCUT2D eigenvalue weighted by Gasteiger charge is -2.16. The summed E-state index contributed by atoms with van der Waals surface area (Å²) in [6.45, 7) is 8.37. The maximum absolute atomic E-state index is 4.08.